The fourth-order valence-electron chi connectivity index (χ4n) is 0.878. The third-order valence-corrected chi connectivity index (χ3v) is 1.44. The van der Waals surface area contributed by atoms with E-state index in [1.807, 2.05) is 0 Å². The van der Waals surface area contributed by atoms with Crippen LogP contribution in [0.25, 0.3) is 0 Å². The van der Waals surface area contributed by atoms with E-state index < -0.39 is 29.5 Å². The molecule has 2 nitrogen and oxygen atoms in total. The van der Waals surface area contributed by atoms with Crippen molar-refractivity contribution >= 4 is 6.22 Å². The summed E-state index contributed by atoms with van der Waals surface area (Å²) in [5.41, 5.74) is -1.62. The van der Waals surface area contributed by atoms with Crippen LogP contribution < -0.4 is 4.74 Å². The minimum absolute atomic E-state index is 0.201. The maximum Gasteiger partial charge on any atom is 0.500 e. The first-order valence-electron chi connectivity index (χ1n) is 3.55. The predicted molar refractivity (Wildman–Crippen MR) is 38.5 cm³/mol. The lowest BCUT2D eigenvalue weighted by atomic mass is 10.2. The van der Waals surface area contributed by atoms with Gasteiger partial charge in [-0.25, -0.2) is 9.18 Å². The van der Waals surface area contributed by atoms with Gasteiger partial charge in [-0.2, -0.15) is 13.2 Å². The molecule has 0 saturated heterocycles. The Morgan fingerprint density at radius 3 is 2.33 bits per heavy atom. The molecule has 0 radical (unpaired) electrons. The van der Waals surface area contributed by atoms with E-state index in [1.165, 1.54) is 0 Å². The van der Waals surface area contributed by atoms with Crippen LogP contribution in [0, 0.1) is 5.82 Å². The van der Waals surface area contributed by atoms with Crippen LogP contribution in [0.3, 0.4) is 0 Å². The van der Waals surface area contributed by atoms with Crippen LogP contribution in [0.2, 0.25) is 0 Å². The molecule has 1 rings (SSSR count). The molecule has 1 aromatic rings. The molecule has 0 bridgehead atoms. The van der Waals surface area contributed by atoms with Crippen molar-refractivity contribution in [3.63, 3.8) is 0 Å². The molecular formula is C8H3F5O2. The Kier molecular flexibility index (Phi) is 2.92. The number of carbonyl (C=O) groups is 1. The summed E-state index contributed by atoms with van der Waals surface area (Å²) in [5, 5.41) is 0. The topological polar surface area (TPSA) is 26.3 Å². The first-order chi connectivity index (χ1) is 6.80. The van der Waals surface area contributed by atoms with Gasteiger partial charge in [-0.3, -0.25) is 0 Å². The Balaban J connectivity index is 3.11. The number of ether oxygens (including phenoxy) is 1. The molecule has 0 heterocycles. The Labute approximate surface area is 80.3 Å². The maximum atomic E-state index is 12.6. The van der Waals surface area contributed by atoms with Crippen LogP contribution in [0.1, 0.15) is 5.56 Å². The number of rotatable bonds is 1. The lowest BCUT2D eigenvalue weighted by Crippen LogP contribution is -2.09. The lowest BCUT2D eigenvalue weighted by molar-refractivity contribution is -0.140. The molecular weight excluding hydrogens is 223 g/mol. The van der Waals surface area contributed by atoms with Crippen LogP contribution >= 0.6 is 0 Å². The van der Waals surface area contributed by atoms with Crippen molar-refractivity contribution in [1.29, 1.82) is 0 Å². The number of halogens is 5. The smallest absolute Gasteiger partial charge is 0.401 e. The monoisotopic (exact) mass is 226 g/mol. The van der Waals surface area contributed by atoms with E-state index in [9.17, 15) is 26.7 Å². The molecule has 0 saturated carbocycles. The van der Waals surface area contributed by atoms with Crippen LogP contribution in [0.5, 0.6) is 5.75 Å². The molecule has 82 valence electrons. The van der Waals surface area contributed by atoms with Crippen molar-refractivity contribution in [2.75, 3.05) is 0 Å². The van der Waals surface area contributed by atoms with Crippen molar-refractivity contribution in [2.24, 2.45) is 0 Å². The summed E-state index contributed by atoms with van der Waals surface area (Å²) in [4.78, 5) is 9.80. The van der Waals surface area contributed by atoms with Gasteiger partial charge in [-0.05, 0) is 18.2 Å². The predicted octanol–water partition coefficient (Wildman–Crippen LogP) is 3.31. The zero-order chi connectivity index (χ0) is 11.6. The number of carbonyl (C=O) groups excluding carboxylic acids is 1. The van der Waals surface area contributed by atoms with Gasteiger partial charge in [0, 0.05) is 0 Å². The van der Waals surface area contributed by atoms with Crippen LogP contribution in [0.15, 0.2) is 18.2 Å². The first-order valence-corrected chi connectivity index (χ1v) is 3.55. The van der Waals surface area contributed by atoms with Crippen LogP contribution in [-0.4, -0.2) is 6.22 Å². The third-order valence-electron chi connectivity index (χ3n) is 1.44. The van der Waals surface area contributed by atoms with Crippen molar-refractivity contribution < 1.29 is 31.5 Å². The van der Waals surface area contributed by atoms with Gasteiger partial charge in [0.1, 0.15) is 11.6 Å². The molecule has 7 heteroatoms. The van der Waals surface area contributed by atoms with Gasteiger partial charge in [0.25, 0.3) is 0 Å². The minimum Gasteiger partial charge on any atom is -0.401 e. The van der Waals surface area contributed by atoms with E-state index >= 15 is 0 Å². The minimum atomic E-state index is -4.93. The molecule has 0 N–H and O–H groups in total. The zero-order valence-corrected chi connectivity index (χ0v) is 6.94. The van der Waals surface area contributed by atoms with E-state index in [-0.39, 0.29) is 6.07 Å². The van der Waals surface area contributed by atoms with Crippen LogP contribution in [-0.2, 0) is 6.18 Å². The standard InChI is InChI=1S/C8H3F5O2/c9-6-2-1-4(15-7(10)14)3-5(6)8(11,12)13/h1-3H. The van der Waals surface area contributed by atoms with Crippen molar-refractivity contribution in [2.45, 2.75) is 6.18 Å². The van der Waals surface area contributed by atoms with Gasteiger partial charge < -0.3 is 4.74 Å². The van der Waals surface area contributed by atoms with E-state index in [1.54, 1.807) is 0 Å². The lowest BCUT2D eigenvalue weighted by Gasteiger charge is -2.08. The van der Waals surface area contributed by atoms with E-state index in [2.05, 4.69) is 4.74 Å². The summed E-state index contributed by atoms with van der Waals surface area (Å²) in [6.07, 6.45) is -7.20. The first kappa shape index (κ1) is 11.4. The highest BCUT2D eigenvalue weighted by Crippen LogP contribution is 2.33. The number of hydrogen-bond acceptors (Lipinski definition) is 2. The van der Waals surface area contributed by atoms with E-state index in [0.717, 1.165) is 0 Å². The largest absolute Gasteiger partial charge is 0.500 e. The normalized spacial score (nSPS) is 11.3. The summed E-state index contributed by atoms with van der Waals surface area (Å²) in [5.74, 6) is -2.24. The maximum absolute atomic E-state index is 12.6. The average Bonchev–Trinajstić information content (AvgIpc) is 2.05. The molecule has 0 unspecified atom stereocenters. The molecule has 0 fully saturated rings. The van der Waals surface area contributed by atoms with Crippen molar-refractivity contribution in [3.8, 4) is 5.75 Å². The second-order valence-electron chi connectivity index (χ2n) is 2.48. The highest BCUT2D eigenvalue weighted by atomic mass is 19.4. The highest BCUT2D eigenvalue weighted by Gasteiger charge is 2.34. The molecule has 0 spiro atoms. The Morgan fingerprint density at radius 1 is 1.27 bits per heavy atom. The average molecular weight is 226 g/mol. The fraction of sp³-hybridized carbons (Fsp3) is 0.125. The van der Waals surface area contributed by atoms with Gasteiger partial charge in [0.2, 0.25) is 0 Å². The summed E-state index contributed by atoms with van der Waals surface area (Å²) in [6, 6.07) is 1.34. The molecule has 0 aromatic heterocycles. The number of benzene rings is 1. The van der Waals surface area contributed by atoms with Gasteiger partial charge >= 0.3 is 12.4 Å². The molecule has 15 heavy (non-hydrogen) atoms. The second kappa shape index (κ2) is 3.84. The summed E-state index contributed by atoms with van der Waals surface area (Å²) in [6.45, 7) is 0. The Bertz CT molecular complexity index is 385. The van der Waals surface area contributed by atoms with E-state index in [0.29, 0.717) is 12.1 Å². The van der Waals surface area contributed by atoms with Gasteiger partial charge in [0.05, 0.1) is 5.56 Å². The highest BCUT2D eigenvalue weighted by molar-refractivity contribution is 5.62. The SMILES string of the molecule is O=C(F)Oc1ccc(F)c(C(F)(F)F)c1. The fourth-order valence-corrected chi connectivity index (χ4v) is 0.878. The van der Waals surface area contributed by atoms with Crippen molar-refractivity contribution in [1.82, 2.24) is 0 Å². The summed E-state index contributed by atoms with van der Waals surface area (Å²) in [7, 11) is 0. The third kappa shape index (κ3) is 2.90. The second-order valence-corrected chi connectivity index (χ2v) is 2.48. The summed E-state index contributed by atoms with van der Waals surface area (Å²) >= 11 is 0. The quantitative estimate of drug-likeness (QED) is 0.542. The molecule has 0 aliphatic carbocycles. The molecule has 0 aliphatic rings. The van der Waals surface area contributed by atoms with Gasteiger partial charge in [0.15, 0.2) is 0 Å². The molecule has 0 atom stereocenters. The Morgan fingerprint density at radius 2 is 1.87 bits per heavy atom. The van der Waals surface area contributed by atoms with Gasteiger partial charge in [-0.15, -0.1) is 4.39 Å². The number of alkyl halides is 3. The van der Waals surface area contributed by atoms with Crippen LogP contribution in [0.4, 0.5) is 26.7 Å². The zero-order valence-electron chi connectivity index (χ0n) is 6.94. The van der Waals surface area contributed by atoms with Gasteiger partial charge in [-0.1, -0.05) is 0 Å². The molecule has 1 aromatic carbocycles. The van der Waals surface area contributed by atoms with Crippen molar-refractivity contribution in [3.05, 3.63) is 29.6 Å². The molecule has 0 amide bonds. The molecule has 0 aliphatic heterocycles. The van der Waals surface area contributed by atoms with E-state index in [4.69, 9.17) is 0 Å². The Hall–Kier alpha value is -1.66. The summed E-state index contributed by atoms with van der Waals surface area (Å²) < 4.78 is 64.3. The number of hydrogen-bond donors (Lipinski definition) is 0.